The first-order chi connectivity index (χ1) is 8.83. The number of hydrogen-bond donors (Lipinski definition) is 0. The zero-order valence-electron chi connectivity index (χ0n) is 10.5. The second-order valence-electron chi connectivity index (χ2n) is 5.74. The Morgan fingerprint density at radius 1 is 0.889 bits per heavy atom. The van der Waals surface area contributed by atoms with Gasteiger partial charge in [0.25, 0.3) is 0 Å². The lowest BCUT2D eigenvalue weighted by atomic mass is 10.1. The zero-order valence-corrected chi connectivity index (χ0v) is 10.5. The monoisotopic (exact) mass is 242 g/mol. The third-order valence-corrected chi connectivity index (χ3v) is 4.24. The van der Waals surface area contributed by atoms with E-state index >= 15 is 0 Å². The summed E-state index contributed by atoms with van der Waals surface area (Å²) in [4.78, 5) is 16.8. The predicted molar refractivity (Wildman–Crippen MR) is 70.4 cm³/mol. The molecule has 0 bridgehead atoms. The molecule has 1 heterocycles. The summed E-state index contributed by atoms with van der Waals surface area (Å²) < 4.78 is 0. The molecule has 0 saturated heterocycles. The summed E-state index contributed by atoms with van der Waals surface area (Å²) in [7, 11) is 0. The summed E-state index contributed by atoms with van der Waals surface area (Å²) in [6, 6.07) is 9.66. The van der Waals surface area contributed by atoms with Crippen LogP contribution in [0.25, 0.3) is 0 Å². The van der Waals surface area contributed by atoms with E-state index < -0.39 is 0 Å². The van der Waals surface area contributed by atoms with Gasteiger partial charge >= 0.3 is 0 Å². The van der Waals surface area contributed by atoms with Gasteiger partial charge in [-0.15, -0.1) is 0 Å². The Kier molecular flexibility index (Phi) is 2.16. The molecule has 3 heteroatoms. The van der Waals surface area contributed by atoms with Gasteiger partial charge in [0.05, 0.1) is 6.54 Å². The molecule has 0 unspecified atom stereocenters. The van der Waals surface area contributed by atoms with E-state index in [9.17, 15) is 4.79 Å². The summed E-state index contributed by atoms with van der Waals surface area (Å²) in [5.74, 6) is 0.320. The predicted octanol–water partition coefficient (Wildman–Crippen LogP) is 2.16. The molecular formula is C15H18N2O. The first-order valence-corrected chi connectivity index (χ1v) is 6.97. The van der Waals surface area contributed by atoms with Crippen molar-refractivity contribution in [2.45, 2.75) is 44.3 Å². The first-order valence-electron chi connectivity index (χ1n) is 6.97. The maximum absolute atomic E-state index is 12.4. The number of rotatable bonds is 2. The molecule has 0 aromatic heterocycles. The molecule has 2 aliphatic carbocycles. The van der Waals surface area contributed by atoms with Crippen LogP contribution in [-0.2, 0) is 11.3 Å². The molecule has 0 N–H and O–H groups in total. The highest BCUT2D eigenvalue weighted by molar-refractivity contribution is 5.84. The molecule has 1 aliphatic heterocycles. The summed E-state index contributed by atoms with van der Waals surface area (Å²) >= 11 is 0. The van der Waals surface area contributed by atoms with Crippen LogP contribution >= 0.6 is 0 Å². The van der Waals surface area contributed by atoms with Crippen molar-refractivity contribution < 1.29 is 4.79 Å². The van der Waals surface area contributed by atoms with Crippen LogP contribution < -0.4 is 4.90 Å². The van der Waals surface area contributed by atoms with Crippen molar-refractivity contribution in [3.8, 4) is 0 Å². The maximum Gasteiger partial charge on any atom is 0.242 e. The minimum absolute atomic E-state index is 0.320. The second kappa shape index (κ2) is 3.74. The van der Waals surface area contributed by atoms with Crippen LogP contribution in [0.2, 0.25) is 0 Å². The fourth-order valence-corrected chi connectivity index (χ4v) is 2.95. The van der Waals surface area contributed by atoms with Crippen LogP contribution in [0.15, 0.2) is 24.3 Å². The molecule has 18 heavy (non-hydrogen) atoms. The molecule has 1 aromatic carbocycles. The SMILES string of the molecule is O=C1CN(C2CC2)c2ccccc2CN1C1CC1. The largest absolute Gasteiger partial charge is 0.359 e. The third-order valence-electron chi connectivity index (χ3n) is 4.24. The minimum Gasteiger partial charge on any atom is -0.359 e. The number of carbonyl (C=O) groups excluding carboxylic acids is 1. The number of benzene rings is 1. The van der Waals surface area contributed by atoms with E-state index in [1.165, 1.54) is 36.9 Å². The van der Waals surface area contributed by atoms with E-state index in [0.717, 1.165) is 6.54 Å². The molecule has 3 aliphatic rings. The number of amides is 1. The molecule has 0 spiro atoms. The van der Waals surface area contributed by atoms with Gasteiger partial charge in [0, 0.05) is 24.3 Å². The van der Waals surface area contributed by atoms with E-state index in [4.69, 9.17) is 0 Å². The van der Waals surface area contributed by atoms with E-state index in [0.29, 0.717) is 24.5 Å². The average Bonchev–Trinajstić information content (AvgIpc) is 3.25. The van der Waals surface area contributed by atoms with Gasteiger partial charge in [0.15, 0.2) is 0 Å². The Morgan fingerprint density at radius 2 is 1.56 bits per heavy atom. The third kappa shape index (κ3) is 1.69. The van der Waals surface area contributed by atoms with Crippen LogP contribution in [0.3, 0.4) is 0 Å². The van der Waals surface area contributed by atoms with Crippen LogP contribution in [0.5, 0.6) is 0 Å². The number of hydrogen-bond acceptors (Lipinski definition) is 2. The Balaban J connectivity index is 1.73. The zero-order chi connectivity index (χ0) is 12.1. The lowest BCUT2D eigenvalue weighted by molar-refractivity contribution is -0.130. The van der Waals surface area contributed by atoms with Gasteiger partial charge in [-0.3, -0.25) is 4.79 Å². The number of carbonyl (C=O) groups is 1. The summed E-state index contributed by atoms with van der Waals surface area (Å²) in [5, 5.41) is 0. The van der Waals surface area contributed by atoms with Crippen LogP contribution in [0.4, 0.5) is 5.69 Å². The van der Waals surface area contributed by atoms with Crippen LogP contribution in [0.1, 0.15) is 31.2 Å². The maximum atomic E-state index is 12.4. The van der Waals surface area contributed by atoms with Crippen LogP contribution in [-0.4, -0.2) is 29.4 Å². The van der Waals surface area contributed by atoms with Crippen molar-refractivity contribution in [1.29, 1.82) is 0 Å². The summed E-state index contributed by atoms with van der Waals surface area (Å²) in [6.07, 6.45) is 4.87. The van der Waals surface area contributed by atoms with Crippen molar-refractivity contribution in [3.63, 3.8) is 0 Å². The molecule has 1 amide bonds. The summed E-state index contributed by atoms with van der Waals surface area (Å²) in [5.41, 5.74) is 2.61. The molecule has 2 saturated carbocycles. The highest BCUT2D eigenvalue weighted by atomic mass is 16.2. The van der Waals surface area contributed by atoms with Crippen molar-refractivity contribution in [2.24, 2.45) is 0 Å². The smallest absolute Gasteiger partial charge is 0.242 e. The molecule has 1 aromatic rings. The van der Waals surface area contributed by atoms with Gasteiger partial charge < -0.3 is 9.80 Å². The standard InChI is InChI=1S/C15H18N2O/c18-15-10-16(12-5-6-12)14-4-2-1-3-11(14)9-17(15)13-7-8-13/h1-4,12-13H,5-10H2. The van der Waals surface area contributed by atoms with Crippen molar-refractivity contribution in [1.82, 2.24) is 4.90 Å². The topological polar surface area (TPSA) is 23.6 Å². The Hall–Kier alpha value is -1.51. The van der Waals surface area contributed by atoms with Gasteiger partial charge in [-0.1, -0.05) is 18.2 Å². The van der Waals surface area contributed by atoms with Crippen molar-refractivity contribution in [2.75, 3.05) is 11.4 Å². The summed E-state index contributed by atoms with van der Waals surface area (Å²) in [6.45, 7) is 1.39. The van der Waals surface area contributed by atoms with E-state index in [2.05, 4.69) is 34.1 Å². The molecule has 0 atom stereocenters. The number of anilines is 1. The minimum atomic E-state index is 0.320. The van der Waals surface area contributed by atoms with Crippen LogP contribution in [0, 0.1) is 0 Å². The van der Waals surface area contributed by atoms with E-state index in [-0.39, 0.29) is 0 Å². The van der Waals surface area contributed by atoms with Gasteiger partial charge in [-0.2, -0.15) is 0 Å². The molecule has 4 rings (SSSR count). The Morgan fingerprint density at radius 3 is 2.28 bits per heavy atom. The van der Waals surface area contributed by atoms with E-state index in [1.807, 2.05) is 0 Å². The van der Waals surface area contributed by atoms with Crippen molar-refractivity contribution in [3.05, 3.63) is 29.8 Å². The quantitative estimate of drug-likeness (QED) is 0.793. The molecule has 0 radical (unpaired) electrons. The Bertz CT molecular complexity index is 491. The van der Waals surface area contributed by atoms with Gasteiger partial charge in [-0.25, -0.2) is 0 Å². The van der Waals surface area contributed by atoms with Gasteiger partial charge in [0.1, 0.15) is 0 Å². The first kappa shape index (κ1) is 10.4. The lowest BCUT2D eigenvalue weighted by Gasteiger charge is -2.23. The highest BCUT2D eigenvalue weighted by Gasteiger charge is 2.39. The molecule has 2 fully saturated rings. The number of nitrogens with zero attached hydrogens (tertiary/aromatic N) is 2. The average molecular weight is 242 g/mol. The fourth-order valence-electron chi connectivity index (χ4n) is 2.95. The molecule has 3 nitrogen and oxygen atoms in total. The van der Waals surface area contributed by atoms with Gasteiger partial charge in [0.2, 0.25) is 5.91 Å². The normalized spacial score (nSPS) is 23.9. The fraction of sp³-hybridized carbons (Fsp3) is 0.533. The molecule has 94 valence electrons. The number of fused-ring (bicyclic) bond motifs is 1. The second-order valence-corrected chi connectivity index (χ2v) is 5.74. The molecular weight excluding hydrogens is 224 g/mol. The lowest BCUT2D eigenvalue weighted by Crippen LogP contribution is -2.39. The van der Waals surface area contributed by atoms with Crippen molar-refractivity contribution >= 4 is 11.6 Å². The highest BCUT2D eigenvalue weighted by Crippen LogP contribution is 2.38. The number of para-hydroxylation sites is 1. The van der Waals surface area contributed by atoms with E-state index in [1.54, 1.807) is 0 Å². The Labute approximate surface area is 107 Å². The van der Waals surface area contributed by atoms with Gasteiger partial charge in [-0.05, 0) is 37.3 Å².